The minimum absolute atomic E-state index is 0.194. The maximum Gasteiger partial charge on any atom is 0.134 e. The average molecular weight is 157 g/mol. The summed E-state index contributed by atoms with van der Waals surface area (Å²) in [4.78, 5) is 0. The molecule has 1 N–H and O–H groups in total. The molecule has 0 aliphatic carbocycles. The van der Waals surface area contributed by atoms with Crippen LogP contribution in [0.3, 0.4) is 0 Å². The fourth-order valence-electron chi connectivity index (χ4n) is 0.656. The summed E-state index contributed by atoms with van der Waals surface area (Å²) in [5, 5.41) is 12.8. The molecule has 1 radical (unpaired) electrons. The zero-order valence-electron chi connectivity index (χ0n) is 5.29. The Kier molecular flexibility index (Phi) is 2.54. The van der Waals surface area contributed by atoms with E-state index in [9.17, 15) is 0 Å². The highest BCUT2D eigenvalue weighted by molar-refractivity contribution is 6.30. The highest BCUT2D eigenvalue weighted by Gasteiger charge is 1.91. The van der Waals surface area contributed by atoms with E-state index >= 15 is 0 Å². The third-order valence-electron chi connectivity index (χ3n) is 1.06. The Morgan fingerprint density at radius 2 is 2.30 bits per heavy atom. The van der Waals surface area contributed by atoms with Gasteiger partial charge in [-0.3, -0.25) is 5.32 Å². The summed E-state index contributed by atoms with van der Waals surface area (Å²) in [6.07, 6.45) is 0. The first-order chi connectivity index (χ1) is 4.83. The molecule has 0 aliphatic rings. The molecule has 1 aromatic carbocycles. The van der Waals surface area contributed by atoms with Crippen LogP contribution in [-0.4, -0.2) is 11.8 Å². The third-order valence-corrected chi connectivity index (χ3v) is 1.30. The molecule has 10 heavy (non-hydrogen) atoms. The molecule has 1 rings (SSSR count). The Balaban J connectivity index is 2.75. The first-order valence-electron chi connectivity index (χ1n) is 2.87. The summed E-state index contributed by atoms with van der Waals surface area (Å²) < 4.78 is 0. The quantitative estimate of drug-likeness (QED) is 0.693. The molecule has 2 nitrogen and oxygen atoms in total. The van der Waals surface area contributed by atoms with Crippen LogP contribution in [-0.2, 0) is 0 Å². The van der Waals surface area contributed by atoms with Gasteiger partial charge in [0.2, 0.25) is 0 Å². The Morgan fingerprint density at radius 3 is 2.90 bits per heavy atom. The molecule has 0 heterocycles. The summed E-state index contributed by atoms with van der Waals surface area (Å²) in [6.45, 7) is -0.194. The van der Waals surface area contributed by atoms with Gasteiger partial charge >= 0.3 is 0 Å². The number of benzene rings is 1. The van der Waals surface area contributed by atoms with Gasteiger partial charge in [0.05, 0.1) is 5.69 Å². The number of aliphatic hydroxyl groups excluding tert-OH is 1. The first-order valence-corrected chi connectivity index (χ1v) is 3.24. The lowest BCUT2D eigenvalue weighted by molar-refractivity contribution is 0.278. The summed E-state index contributed by atoms with van der Waals surface area (Å²) in [5.74, 6) is 0. The van der Waals surface area contributed by atoms with Gasteiger partial charge in [0.15, 0.2) is 0 Å². The normalized spacial score (nSPS) is 9.40. The average Bonchev–Trinajstić information content (AvgIpc) is 1.88. The van der Waals surface area contributed by atoms with Gasteiger partial charge in [0.1, 0.15) is 6.73 Å². The molecule has 0 atom stereocenters. The van der Waals surface area contributed by atoms with E-state index in [1.165, 1.54) is 0 Å². The van der Waals surface area contributed by atoms with E-state index in [0.717, 1.165) is 0 Å². The van der Waals surface area contributed by atoms with Gasteiger partial charge in [-0.15, -0.1) is 0 Å². The van der Waals surface area contributed by atoms with Crippen molar-refractivity contribution in [1.29, 1.82) is 0 Å². The van der Waals surface area contributed by atoms with Crippen molar-refractivity contribution in [3.63, 3.8) is 0 Å². The van der Waals surface area contributed by atoms with Crippen molar-refractivity contribution in [2.24, 2.45) is 0 Å². The number of hydrogen-bond donors (Lipinski definition) is 1. The SMILES string of the molecule is OC[N]c1cccc(Cl)c1. The van der Waals surface area contributed by atoms with Gasteiger partial charge < -0.3 is 5.11 Å². The zero-order valence-corrected chi connectivity index (χ0v) is 6.04. The van der Waals surface area contributed by atoms with Crippen molar-refractivity contribution in [3.05, 3.63) is 29.3 Å². The molecule has 3 heteroatoms. The smallest absolute Gasteiger partial charge is 0.134 e. The summed E-state index contributed by atoms with van der Waals surface area (Å²) >= 11 is 5.64. The van der Waals surface area contributed by atoms with Gasteiger partial charge in [-0.1, -0.05) is 17.7 Å². The third kappa shape index (κ3) is 1.90. The summed E-state index contributed by atoms with van der Waals surface area (Å²) in [6, 6.07) is 7.02. The molecular weight excluding hydrogens is 150 g/mol. The van der Waals surface area contributed by atoms with E-state index < -0.39 is 0 Å². The largest absolute Gasteiger partial charge is 0.375 e. The number of aliphatic hydroxyl groups is 1. The number of nitrogens with zero attached hydrogens (tertiary/aromatic N) is 1. The van der Waals surface area contributed by atoms with Crippen molar-refractivity contribution in [2.45, 2.75) is 0 Å². The summed E-state index contributed by atoms with van der Waals surface area (Å²) in [5.41, 5.74) is 0.704. The van der Waals surface area contributed by atoms with E-state index in [4.69, 9.17) is 16.7 Å². The minimum Gasteiger partial charge on any atom is -0.375 e. The van der Waals surface area contributed by atoms with Crippen molar-refractivity contribution >= 4 is 17.3 Å². The molecule has 53 valence electrons. The second-order valence-corrected chi connectivity index (χ2v) is 2.22. The van der Waals surface area contributed by atoms with Crippen LogP contribution >= 0.6 is 11.6 Å². The topological polar surface area (TPSA) is 34.3 Å². The maximum absolute atomic E-state index is 8.40. The number of rotatable bonds is 2. The first kappa shape index (κ1) is 7.38. The molecule has 0 fully saturated rings. The van der Waals surface area contributed by atoms with Crippen LogP contribution in [0, 0.1) is 0 Å². The molecule has 1 aromatic rings. The van der Waals surface area contributed by atoms with E-state index in [2.05, 4.69) is 5.32 Å². The molecule has 0 unspecified atom stereocenters. The van der Waals surface area contributed by atoms with Crippen molar-refractivity contribution in [2.75, 3.05) is 6.73 Å². The van der Waals surface area contributed by atoms with Gasteiger partial charge in [-0.25, -0.2) is 0 Å². The molecule has 0 spiro atoms. The predicted molar refractivity (Wildman–Crippen MR) is 40.3 cm³/mol. The van der Waals surface area contributed by atoms with Crippen molar-refractivity contribution in [1.82, 2.24) is 5.32 Å². The van der Waals surface area contributed by atoms with Crippen LogP contribution in [0.15, 0.2) is 24.3 Å². The van der Waals surface area contributed by atoms with Crippen LogP contribution in [0.25, 0.3) is 0 Å². The zero-order chi connectivity index (χ0) is 7.40. The number of hydrogen-bond acceptors (Lipinski definition) is 1. The lowest BCUT2D eigenvalue weighted by Crippen LogP contribution is -1.96. The predicted octanol–water partition coefficient (Wildman–Crippen LogP) is 1.53. The number of halogens is 1. The summed E-state index contributed by atoms with van der Waals surface area (Å²) in [7, 11) is 0. The highest BCUT2D eigenvalue weighted by Crippen LogP contribution is 2.14. The molecular formula is C7H7ClNO. The van der Waals surface area contributed by atoms with Crippen molar-refractivity contribution < 1.29 is 5.11 Å². The van der Waals surface area contributed by atoms with Gasteiger partial charge in [-0.05, 0) is 18.2 Å². The van der Waals surface area contributed by atoms with Crippen LogP contribution in [0.4, 0.5) is 5.69 Å². The molecule has 0 saturated carbocycles. The Labute approximate surface area is 64.4 Å². The van der Waals surface area contributed by atoms with Crippen LogP contribution < -0.4 is 5.32 Å². The Bertz CT molecular complexity index is 215. The molecule has 0 aliphatic heterocycles. The second-order valence-electron chi connectivity index (χ2n) is 1.78. The van der Waals surface area contributed by atoms with E-state index in [-0.39, 0.29) is 6.73 Å². The van der Waals surface area contributed by atoms with E-state index in [1.54, 1.807) is 24.3 Å². The molecule has 0 saturated heterocycles. The van der Waals surface area contributed by atoms with Gasteiger partial charge in [0.25, 0.3) is 0 Å². The van der Waals surface area contributed by atoms with E-state index in [1.807, 2.05) is 0 Å². The second kappa shape index (κ2) is 3.44. The Hall–Kier alpha value is -0.730. The van der Waals surface area contributed by atoms with Crippen molar-refractivity contribution in [3.8, 4) is 0 Å². The standard InChI is InChI=1S/C7H7ClNO/c8-6-2-1-3-7(4-6)9-5-10/h1-4,10H,5H2. The van der Waals surface area contributed by atoms with Crippen LogP contribution in [0.1, 0.15) is 0 Å². The lowest BCUT2D eigenvalue weighted by atomic mass is 10.3. The molecule has 0 aromatic heterocycles. The highest BCUT2D eigenvalue weighted by atomic mass is 35.5. The van der Waals surface area contributed by atoms with Gasteiger partial charge in [-0.2, -0.15) is 0 Å². The molecule has 0 amide bonds. The maximum atomic E-state index is 8.40. The van der Waals surface area contributed by atoms with Gasteiger partial charge in [0, 0.05) is 5.02 Å². The van der Waals surface area contributed by atoms with Crippen LogP contribution in [0.5, 0.6) is 0 Å². The van der Waals surface area contributed by atoms with E-state index in [0.29, 0.717) is 10.7 Å². The minimum atomic E-state index is -0.194. The van der Waals surface area contributed by atoms with Crippen LogP contribution in [0.2, 0.25) is 5.02 Å². The lowest BCUT2D eigenvalue weighted by Gasteiger charge is -1.97. The fraction of sp³-hybridized carbons (Fsp3) is 0.143. The fourth-order valence-corrected chi connectivity index (χ4v) is 0.841. The monoisotopic (exact) mass is 156 g/mol. The Morgan fingerprint density at radius 1 is 1.50 bits per heavy atom. The molecule has 0 bridgehead atoms.